The number of benzene rings is 1. The van der Waals surface area contributed by atoms with Crippen LogP contribution in [0.25, 0.3) is 0 Å². The molecule has 2 rings (SSSR count). The molecular formula is C18H25N3O3. The van der Waals surface area contributed by atoms with Crippen molar-refractivity contribution in [2.75, 3.05) is 29.9 Å². The van der Waals surface area contributed by atoms with E-state index in [1.165, 1.54) is 6.08 Å². The van der Waals surface area contributed by atoms with Crippen LogP contribution in [0.4, 0.5) is 11.4 Å². The van der Waals surface area contributed by atoms with Crippen LogP contribution in [0.2, 0.25) is 0 Å². The van der Waals surface area contributed by atoms with Crippen molar-refractivity contribution in [3.8, 4) is 0 Å². The van der Waals surface area contributed by atoms with Crippen LogP contribution in [0.1, 0.15) is 20.3 Å². The molecule has 0 bridgehead atoms. The number of ether oxygens (including phenoxy) is 1. The van der Waals surface area contributed by atoms with E-state index in [2.05, 4.69) is 36.0 Å². The topological polar surface area (TPSA) is 70.7 Å². The van der Waals surface area contributed by atoms with Crippen molar-refractivity contribution in [3.63, 3.8) is 0 Å². The molecule has 1 heterocycles. The third-order valence-corrected chi connectivity index (χ3v) is 3.77. The first-order chi connectivity index (χ1) is 11.5. The molecule has 0 unspecified atom stereocenters. The lowest BCUT2D eigenvalue weighted by atomic mass is 10.2. The molecule has 130 valence electrons. The average molecular weight is 331 g/mol. The summed E-state index contributed by atoms with van der Waals surface area (Å²) < 4.78 is 5.74. The summed E-state index contributed by atoms with van der Waals surface area (Å²) in [6.07, 6.45) is 1.82. The van der Waals surface area contributed by atoms with Gasteiger partial charge in [0.15, 0.2) is 0 Å². The van der Waals surface area contributed by atoms with Crippen molar-refractivity contribution >= 4 is 23.2 Å². The Balaban J connectivity index is 1.84. The maximum Gasteiger partial charge on any atom is 0.243 e. The molecule has 2 N–H and O–H groups in total. The van der Waals surface area contributed by atoms with Crippen LogP contribution in [0.3, 0.4) is 0 Å². The first kappa shape index (κ1) is 18.0. The van der Waals surface area contributed by atoms with Gasteiger partial charge in [-0.15, -0.1) is 0 Å². The van der Waals surface area contributed by atoms with Crippen molar-refractivity contribution in [1.82, 2.24) is 5.32 Å². The first-order valence-corrected chi connectivity index (χ1v) is 8.18. The zero-order chi connectivity index (χ0) is 17.5. The lowest BCUT2D eigenvalue weighted by Gasteiger charge is -2.36. The Labute approximate surface area is 142 Å². The number of carbonyl (C=O) groups excluding carboxylic acids is 2. The maximum absolute atomic E-state index is 11.8. The lowest BCUT2D eigenvalue weighted by Crippen LogP contribution is -2.45. The van der Waals surface area contributed by atoms with Gasteiger partial charge in [-0.05, 0) is 44.2 Å². The quantitative estimate of drug-likeness (QED) is 0.782. The fourth-order valence-electron chi connectivity index (χ4n) is 2.74. The molecule has 1 aromatic carbocycles. The van der Waals surface area contributed by atoms with Gasteiger partial charge in [-0.3, -0.25) is 9.59 Å². The minimum atomic E-state index is -0.277. The smallest absolute Gasteiger partial charge is 0.243 e. The van der Waals surface area contributed by atoms with Gasteiger partial charge in [-0.2, -0.15) is 0 Å². The Kier molecular flexibility index (Phi) is 6.37. The van der Waals surface area contributed by atoms with Crippen LogP contribution < -0.4 is 15.5 Å². The summed E-state index contributed by atoms with van der Waals surface area (Å²) in [7, 11) is 0. The number of amides is 2. The van der Waals surface area contributed by atoms with E-state index in [0.29, 0.717) is 6.54 Å². The molecule has 1 aliphatic heterocycles. The van der Waals surface area contributed by atoms with Gasteiger partial charge in [0.05, 0.1) is 12.2 Å². The maximum atomic E-state index is 11.8. The van der Waals surface area contributed by atoms with Crippen LogP contribution in [0, 0.1) is 0 Å². The highest BCUT2D eigenvalue weighted by atomic mass is 16.5. The molecule has 0 aliphatic carbocycles. The summed E-state index contributed by atoms with van der Waals surface area (Å²) in [5.41, 5.74) is 1.86. The van der Waals surface area contributed by atoms with Crippen molar-refractivity contribution in [2.45, 2.75) is 32.5 Å². The van der Waals surface area contributed by atoms with Crippen LogP contribution >= 0.6 is 0 Å². The van der Waals surface area contributed by atoms with Crippen LogP contribution in [0.15, 0.2) is 36.9 Å². The molecule has 1 aromatic rings. The number of carbonyl (C=O) groups is 2. The number of rotatable bonds is 6. The van der Waals surface area contributed by atoms with E-state index >= 15 is 0 Å². The van der Waals surface area contributed by atoms with E-state index < -0.39 is 0 Å². The highest BCUT2D eigenvalue weighted by Crippen LogP contribution is 2.22. The lowest BCUT2D eigenvalue weighted by molar-refractivity contribution is -0.117. The van der Waals surface area contributed by atoms with Crippen LogP contribution in [-0.4, -0.2) is 43.7 Å². The predicted molar refractivity (Wildman–Crippen MR) is 95.1 cm³/mol. The number of morpholine rings is 1. The molecule has 6 nitrogen and oxygen atoms in total. The Bertz CT molecular complexity index is 576. The van der Waals surface area contributed by atoms with E-state index in [9.17, 15) is 9.59 Å². The molecular weight excluding hydrogens is 306 g/mol. The molecule has 0 spiro atoms. The van der Waals surface area contributed by atoms with Crippen LogP contribution in [-0.2, 0) is 14.3 Å². The van der Waals surface area contributed by atoms with Gasteiger partial charge in [0.2, 0.25) is 11.8 Å². The Morgan fingerprint density at radius 1 is 1.25 bits per heavy atom. The second kappa shape index (κ2) is 8.49. The normalized spacial score (nSPS) is 20.3. The molecule has 6 heteroatoms. The summed E-state index contributed by atoms with van der Waals surface area (Å²) in [6.45, 7) is 9.51. The van der Waals surface area contributed by atoms with Gasteiger partial charge in [-0.1, -0.05) is 6.58 Å². The van der Waals surface area contributed by atoms with Gasteiger partial charge in [0, 0.05) is 37.4 Å². The largest absolute Gasteiger partial charge is 0.372 e. The fourth-order valence-corrected chi connectivity index (χ4v) is 2.74. The molecule has 1 saturated heterocycles. The number of anilines is 2. The number of hydrogen-bond acceptors (Lipinski definition) is 4. The van der Waals surface area contributed by atoms with E-state index in [-0.39, 0.29) is 30.4 Å². The third-order valence-electron chi connectivity index (χ3n) is 3.77. The number of nitrogens with one attached hydrogen (secondary N) is 2. The monoisotopic (exact) mass is 331 g/mol. The highest BCUT2D eigenvalue weighted by Gasteiger charge is 2.22. The molecule has 24 heavy (non-hydrogen) atoms. The zero-order valence-electron chi connectivity index (χ0n) is 14.2. The standard InChI is InChI=1S/C18H25N3O3/c1-4-17(22)19-10-9-18(23)20-15-5-7-16(8-6-15)21-11-13(2)24-14(3)12-21/h4-8,13-14H,1,9-12H2,2-3H3,(H,19,22)(H,20,23)/t13-,14+. The molecule has 1 fully saturated rings. The summed E-state index contributed by atoms with van der Waals surface area (Å²) in [4.78, 5) is 25.1. The summed E-state index contributed by atoms with van der Waals surface area (Å²) in [6, 6.07) is 7.78. The summed E-state index contributed by atoms with van der Waals surface area (Å²) in [5.74, 6) is -0.415. The van der Waals surface area contributed by atoms with Crippen molar-refractivity contribution in [2.24, 2.45) is 0 Å². The average Bonchev–Trinajstić information content (AvgIpc) is 2.54. The predicted octanol–water partition coefficient (Wildman–Crippen LogP) is 1.93. The van der Waals surface area contributed by atoms with Crippen molar-refractivity contribution in [1.29, 1.82) is 0 Å². The Morgan fingerprint density at radius 3 is 2.46 bits per heavy atom. The number of nitrogens with zero attached hydrogens (tertiary/aromatic N) is 1. The second-order valence-electron chi connectivity index (χ2n) is 6.00. The van der Waals surface area contributed by atoms with Crippen molar-refractivity contribution < 1.29 is 14.3 Å². The molecule has 0 radical (unpaired) electrons. The molecule has 0 saturated carbocycles. The third kappa shape index (κ3) is 5.38. The Hall–Kier alpha value is -2.34. The molecule has 1 aliphatic rings. The zero-order valence-corrected chi connectivity index (χ0v) is 14.2. The fraction of sp³-hybridized carbons (Fsp3) is 0.444. The SMILES string of the molecule is C=CC(=O)NCCC(=O)Nc1ccc(N2C[C@@H](C)O[C@@H](C)C2)cc1. The van der Waals surface area contributed by atoms with E-state index in [4.69, 9.17) is 4.74 Å². The summed E-state index contributed by atoms with van der Waals surface area (Å²) in [5, 5.41) is 5.40. The van der Waals surface area contributed by atoms with E-state index in [1.807, 2.05) is 24.3 Å². The van der Waals surface area contributed by atoms with Gasteiger partial charge in [-0.25, -0.2) is 0 Å². The van der Waals surface area contributed by atoms with Crippen molar-refractivity contribution in [3.05, 3.63) is 36.9 Å². The van der Waals surface area contributed by atoms with Gasteiger partial charge < -0.3 is 20.3 Å². The first-order valence-electron chi connectivity index (χ1n) is 8.18. The minimum absolute atomic E-state index is 0.138. The Morgan fingerprint density at radius 2 is 1.88 bits per heavy atom. The minimum Gasteiger partial charge on any atom is -0.372 e. The van der Waals surface area contributed by atoms with Gasteiger partial charge >= 0.3 is 0 Å². The second-order valence-corrected chi connectivity index (χ2v) is 6.00. The number of hydrogen-bond donors (Lipinski definition) is 2. The van der Waals surface area contributed by atoms with E-state index in [1.54, 1.807) is 0 Å². The molecule has 0 aromatic heterocycles. The highest BCUT2D eigenvalue weighted by molar-refractivity contribution is 5.92. The van der Waals surface area contributed by atoms with Gasteiger partial charge in [0.25, 0.3) is 0 Å². The summed E-state index contributed by atoms with van der Waals surface area (Å²) >= 11 is 0. The molecule has 2 amide bonds. The van der Waals surface area contributed by atoms with Gasteiger partial charge in [0.1, 0.15) is 0 Å². The van der Waals surface area contributed by atoms with Crippen LogP contribution in [0.5, 0.6) is 0 Å². The van der Waals surface area contributed by atoms with E-state index in [0.717, 1.165) is 24.5 Å². The molecule has 2 atom stereocenters.